The number of hydrogen-bond acceptors (Lipinski definition) is 2. The lowest BCUT2D eigenvalue weighted by Gasteiger charge is -2.21. The van der Waals surface area contributed by atoms with Gasteiger partial charge in [-0.2, -0.15) is 0 Å². The predicted octanol–water partition coefficient (Wildman–Crippen LogP) is 3.09. The van der Waals surface area contributed by atoms with E-state index in [1.807, 2.05) is 18.3 Å². The number of hydrogen-bond donors (Lipinski definition) is 1. The molecular weight excluding hydrogens is 196 g/mol. The van der Waals surface area contributed by atoms with E-state index in [-0.39, 0.29) is 0 Å². The van der Waals surface area contributed by atoms with Gasteiger partial charge in [-0.15, -0.1) is 0 Å². The van der Waals surface area contributed by atoms with Crippen LogP contribution >= 0.6 is 0 Å². The van der Waals surface area contributed by atoms with Gasteiger partial charge in [0.25, 0.3) is 0 Å². The highest BCUT2D eigenvalue weighted by Crippen LogP contribution is 2.18. The van der Waals surface area contributed by atoms with Gasteiger partial charge in [0.05, 0.1) is 5.69 Å². The van der Waals surface area contributed by atoms with E-state index in [1.54, 1.807) is 0 Å². The standard InChI is InChI=1S/C14H20N2/c1-12(14-9-5-6-10-15-14)16-11-13-7-3-2-4-8-13/h2-3,5-6,9-10,12-13,16H,4,7-8,11H2,1H3/t12-,13?/m0/s1. The van der Waals surface area contributed by atoms with Crippen LogP contribution in [0.4, 0.5) is 0 Å². The molecule has 2 rings (SSSR count). The van der Waals surface area contributed by atoms with Crippen LogP contribution in [0.3, 0.4) is 0 Å². The molecule has 0 bridgehead atoms. The van der Waals surface area contributed by atoms with E-state index < -0.39 is 0 Å². The molecule has 0 saturated heterocycles. The fourth-order valence-electron chi connectivity index (χ4n) is 2.12. The molecule has 0 aromatic carbocycles. The number of pyridine rings is 1. The highest BCUT2D eigenvalue weighted by atomic mass is 14.9. The predicted molar refractivity (Wildman–Crippen MR) is 67.1 cm³/mol. The lowest BCUT2D eigenvalue weighted by Crippen LogP contribution is -2.26. The van der Waals surface area contributed by atoms with Gasteiger partial charge in [0.15, 0.2) is 0 Å². The van der Waals surface area contributed by atoms with Crippen LogP contribution in [0.25, 0.3) is 0 Å². The molecule has 2 nitrogen and oxygen atoms in total. The topological polar surface area (TPSA) is 24.9 Å². The summed E-state index contributed by atoms with van der Waals surface area (Å²) >= 11 is 0. The maximum atomic E-state index is 4.37. The van der Waals surface area contributed by atoms with Crippen molar-refractivity contribution in [2.45, 2.75) is 32.2 Å². The maximum absolute atomic E-state index is 4.37. The van der Waals surface area contributed by atoms with Crippen molar-refractivity contribution in [3.8, 4) is 0 Å². The zero-order chi connectivity index (χ0) is 11.2. The third kappa shape index (κ3) is 3.17. The largest absolute Gasteiger partial charge is 0.309 e. The molecule has 0 saturated carbocycles. The van der Waals surface area contributed by atoms with Gasteiger partial charge >= 0.3 is 0 Å². The summed E-state index contributed by atoms with van der Waals surface area (Å²) in [5, 5.41) is 3.57. The van der Waals surface area contributed by atoms with Gasteiger partial charge in [0, 0.05) is 12.2 Å². The van der Waals surface area contributed by atoms with Crippen molar-refractivity contribution < 1.29 is 0 Å². The average molecular weight is 216 g/mol. The Labute approximate surface area is 97.8 Å². The quantitative estimate of drug-likeness (QED) is 0.782. The Balaban J connectivity index is 1.79. The number of rotatable bonds is 4. The molecule has 16 heavy (non-hydrogen) atoms. The summed E-state index contributed by atoms with van der Waals surface area (Å²) in [6, 6.07) is 6.44. The maximum Gasteiger partial charge on any atom is 0.0570 e. The van der Waals surface area contributed by atoms with Crippen molar-refractivity contribution in [3.63, 3.8) is 0 Å². The van der Waals surface area contributed by atoms with Crippen LogP contribution in [0.2, 0.25) is 0 Å². The van der Waals surface area contributed by atoms with Gasteiger partial charge in [-0.3, -0.25) is 4.98 Å². The van der Waals surface area contributed by atoms with Crippen molar-refractivity contribution in [1.29, 1.82) is 0 Å². The first-order chi connectivity index (χ1) is 7.86. The molecule has 86 valence electrons. The second kappa shape index (κ2) is 5.80. The first-order valence-electron chi connectivity index (χ1n) is 6.15. The number of nitrogens with zero attached hydrogens (tertiary/aromatic N) is 1. The SMILES string of the molecule is C[C@H](NCC1CC=CCC1)c1ccccn1. The Morgan fingerprint density at radius 1 is 1.44 bits per heavy atom. The van der Waals surface area contributed by atoms with E-state index in [0.29, 0.717) is 6.04 Å². The molecule has 2 heteroatoms. The second-order valence-electron chi connectivity index (χ2n) is 4.54. The van der Waals surface area contributed by atoms with E-state index in [1.165, 1.54) is 19.3 Å². The Hall–Kier alpha value is -1.15. The minimum Gasteiger partial charge on any atom is -0.309 e. The van der Waals surface area contributed by atoms with Crippen LogP contribution in [0.5, 0.6) is 0 Å². The molecule has 1 N–H and O–H groups in total. The van der Waals surface area contributed by atoms with Crippen molar-refractivity contribution in [2.75, 3.05) is 6.54 Å². The number of aromatic nitrogens is 1. The minimum absolute atomic E-state index is 0.354. The summed E-state index contributed by atoms with van der Waals surface area (Å²) in [6.07, 6.45) is 10.2. The third-order valence-corrected chi connectivity index (χ3v) is 3.22. The monoisotopic (exact) mass is 216 g/mol. The van der Waals surface area contributed by atoms with Crippen LogP contribution in [-0.4, -0.2) is 11.5 Å². The fourth-order valence-corrected chi connectivity index (χ4v) is 2.12. The van der Waals surface area contributed by atoms with Crippen LogP contribution in [0.1, 0.15) is 37.9 Å². The number of nitrogens with one attached hydrogen (secondary N) is 1. The van der Waals surface area contributed by atoms with Gasteiger partial charge in [-0.1, -0.05) is 18.2 Å². The zero-order valence-electron chi connectivity index (χ0n) is 9.89. The molecule has 1 unspecified atom stereocenters. The highest BCUT2D eigenvalue weighted by Gasteiger charge is 2.12. The van der Waals surface area contributed by atoms with E-state index in [9.17, 15) is 0 Å². The summed E-state index contributed by atoms with van der Waals surface area (Å²) in [6.45, 7) is 3.28. The smallest absolute Gasteiger partial charge is 0.0570 e. The van der Waals surface area contributed by atoms with Crippen molar-refractivity contribution in [3.05, 3.63) is 42.2 Å². The van der Waals surface area contributed by atoms with Crippen LogP contribution in [0, 0.1) is 5.92 Å². The Kier molecular flexibility index (Phi) is 4.11. The van der Waals surface area contributed by atoms with E-state index in [2.05, 4.69) is 35.4 Å². The van der Waals surface area contributed by atoms with Gasteiger partial charge in [-0.05, 0) is 50.8 Å². The summed E-state index contributed by atoms with van der Waals surface area (Å²) in [4.78, 5) is 4.37. The van der Waals surface area contributed by atoms with Crippen molar-refractivity contribution >= 4 is 0 Å². The van der Waals surface area contributed by atoms with E-state index in [4.69, 9.17) is 0 Å². The lowest BCUT2D eigenvalue weighted by molar-refractivity contribution is 0.413. The van der Waals surface area contributed by atoms with Gasteiger partial charge in [0.1, 0.15) is 0 Å². The molecule has 1 aliphatic carbocycles. The normalized spacial score (nSPS) is 21.9. The Bertz CT molecular complexity index is 332. The summed E-state index contributed by atoms with van der Waals surface area (Å²) < 4.78 is 0. The van der Waals surface area contributed by atoms with Crippen LogP contribution in [-0.2, 0) is 0 Å². The molecule has 1 aromatic heterocycles. The Morgan fingerprint density at radius 3 is 3.06 bits per heavy atom. The van der Waals surface area contributed by atoms with Gasteiger partial charge in [-0.25, -0.2) is 0 Å². The zero-order valence-corrected chi connectivity index (χ0v) is 9.89. The molecule has 0 radical (unpaired) electrons. The fraction of sp³-hybridized carbons (Fsp3) is 0.500. The molecule has 2 atom stereocenters. The second-order valence-corrected chi connectivity index (χ2v) is 4.54. The lowest BCUT2D eigenvalue weighted by atomic mass is 9.94. The first-order valence-corrected chi connectivity index (χ1v) is 6.15. The molecular formula is C14H20N2. The minimum atomic E-state index is 0.354. The van der Waals surface area contributed by atoms with Crippen molar-refractivity contribution in [1.82, 2.24) is 10.3 Å². The summed E-state index contributed by atoms with van der Waals surface area (Å²) in [5.41, 5.74) is 1.13. The third-order valence-electron chi connectivity index (χ3n) is 3.22. The molecule has 0 spiro atoms. The van der Waals surface area contributed by atoms with Crippen molar-refractivity contribution in [2.24, 2.45) is 5.92 Å². The van der Waals surface area contributed by atoms with Crippen LogP contribution in [0.15, 0.2) is 36.5 Å². The number of allylic oxidation sites excluding steroid dienone is 2. The van der Waals surface area contributed by atoms with Gasteiger partial charge in [0.2, 0.25) is 0 Å². The van der Waals surface area contributed by atoms with Crippen LogP contribution < -0.4 is 5.32 Å². The molecule has 1 heterocycles. The molecule has 1 aromatic rings. The van der Waals surface area contributed by atoms with Gasteiger partial charge < -0.3 is 5.32 Å². The highest BCUT2D eigenvalue weighted by molar-refractivity contribution is 5.07. The molecule has 0 aliphatic heterocycles. The molecule has 0 fully saturated rings. The van der Waals surface area contributed by atoms with E-state index in [0.717, 1.165) is 18.2 Å². The summed E-state index contributed by atoms with van der Waals surface area (Å²) in [5.74, 6) is 0.802. The Morgan fingerprint density at radius 2 is 2.38 bits per heavy atom. The molecule has 1 aliphatic rings. The van der Waals surface area contributed by atoms with E-state index >= 15 is 0 Å². The average Bonchev–Trinajstić information content (AvgIpc) is 2.38. The summed E-state index contributed by atoms with van der Waals surface area (Å²) in [7, 11) is 0. The molecule has 0 amide bonds. The first kappa shape index (κ1) is 11.3.